The van der Waals surface area contributed by atoms with E-state index in [1.54, 1.807) is 12.4 Å². The zero-order valence-electron chi connectivity index (χ0n) is 10.9. The van der Waals surface area contributed by atoms with E-state index < -0.39 is 5.97 Å². The van der Waals surface area contributed by atoms with Gasteiger partial charge in [0.15, 0.2) is 5.65 Å². The fraction of sp³-hybridized carbons (Fsp3) is 0.133. The maximum atomic E-state index is 11.5. The second-order valence-corrected chi connectivity index (χ2v) is 4.69. The SMILES string of the molecule is Cc1cnc2c(C(=O)O)c(Cc3ccccc3)nn2c1. The van der Waals surface area contributed by atoms with Crippen molar-refractivity contribution in [2.45, 2.75) is 13.3 Å². The summed E-state index contributed by atoms with van der Waals surface area (Å²) in [6, 6.07) is 9.68. The number of benzene rings is 1. The van der Waals surface area contributed by atoms with E-state index >= 15 is 0 Å². The number of carbonyl (C=O) groups is 1. The predicted octanol–water partition coefficient (Wildman–Crippen LogP) is 2.33. The summed E-state index contributed by atoms with van der Waals surface area (Å²) >= 11 is 0. The Balaban J connectivity index is 2.14. The van der Waals surface area contributed by atoms with Gasteiger partial charge in [-0.05, 0) is 18.1 Å². The summed E-state index contributed by atoms with van der Waals surface area (Å²) in [4.78, 5) is 15.7. The largest absolute Gasteiger partial charge is 0.477 e. The van der Waals surface area contributed by atoms with E-state index in [1.165, 1.54) is 4.52 Å². The van der Waals surface area contributed by atoms with E-state index in [1.807, 2.05) is 37.3 Å². The lowest BCUT2D eigenvalue weighted by atomic mass is 10.1. The summed E-state index contributed by atoms with van der Waals surface area (Å²) in [6.45, 7) is 1.89. The van der Waals surface area contributed by atoms with Crippen LogP contribution in [0.5, 0.6) is 0 Å². The molecule has 20 heavy (non-hydrogen) atoms. The minimum absolute atomic E-state index is 0.175. The number of nitrogens with zero attached hydrogens (tertiary/aromatic N) is 3. The highest BCUT2D eigenvalue weighted by Crippen LogP contribution is 2.18. The van der Waals surface area contributed by atoms with E-state index in [9.17, 15) is 9.90 Å². The van der Waals surface area contributed by atoms with Crippen LogP contribution in [0.25, 0.3) is 5.65 Å². The van der Waals surface area contributed by atoms with E-state index in [2.05, 4.69) is 10.1 Å². The van der Waals surface area contributed by atoms with Crippen LogP contribution in [0, 0.1) is 6.92 Å². The molecule has 3 aromatic rings. The third kappa shape index (κ3) is 2.14. The molecule has 5 nitrogen and oxygen atoms in total. The molecule has 0 saturated heterocycles. The molecule has 3 rings (SSSR count). The van der Waals surface area contributed by atoms with Gasteiger partial charge in [-0.15, -0.1) is 0 Å². The van der Waals surface area contributed by atoms with Crippen LogP contribution >= 0.6 is 0 Å². The van der Waals surface area contributed by atoms with Gasteiger partial charge < -0.3 is 5.11 Å². The number of aromatic carboxylic acids is 1. The Morgan fingerprint density at radius 3 is 2.75 bits per heavy atom. The number of aryl methyl sites for hydroxylation is 1. The maximum absolute atomic E-state index is 11.5. The Morgan fingerprint density at radius 1 is 1.30 bits per heavy atom. The molecule has 1 aromatic carbocycles. The van der Waals surface area contributed by atoms with Gasteiger partial charge in [0.05, 0.1) is 5.69 Å². The molecule has 0 fully saturated rings. The Morgan fingerprint density at radius 2 is 2.05 bits per heavy atom. The van der Waals surface area contributed by atoms with Crippen LogP contribution in [-0.4, -0.2) is 25.7 Å². The highest BCUT2D eigenvalue weighted by atomic mass is 16.4. The quantitative estimate of drug-likeness (QED) is 0.790. The monoisotopic (exact) mass is 267 g/mol. The highest BCUT2D eigenvalue weighted by molar-refractivity contribution is 5.95. The van der Waals surface area contributed by atoms with E-state index in [0.717, 1.165) is 11.1 Å². The van der Waals surface area contributed by atoms with Gasteiger partial charge in [-0.25, -0.2) is 14.3 Å². The van der Waals surface area contributed by atoms with Crippen LogP contribution in [0.2, 0.25) is 0 Å². The van der Waals surface area contributed by atoms with E-state index in [0.29, 0.717) is 17.8 Å². The van der Waals surface area contributed by atoms with Crippen LogP contribution in [0.3, 0.4) is 0 Å². The topological polar surface area (TPSA) is 67.5 Å². The van der Waals surface area contributed by atoms with Gasteiger partial charge in [-0.3, -0.25) is 0 Å². The molecule has 0 unspecified atom stereocenters. The molecule has 0 aliphatic carbocycles. The molecule has 0 radical (unpaired) electrons. The Kier molecular flexibility index (Phi) is 2.95. The lowest BCUT2D eigenvalue weighted by molar-refractivity contribution is 0.0697. The average Bonchev–Trinajstić information content (AvgIpc) is 2.76. The minimum Gasteiger partial charge on any atom is -0.477 e. The molecule has 0 amide bonds. The van der Waals surface area contributed by atoms with Gasteiger partial charge in [-0.2, -0.15) is 5.10 Å². The molecule has 0 saturated carbocycles. The van der Waals surface area contributed by atoms with Gasteiger partial charge >= 0.3 is 5.97 Å². The van der Waals surface area contributed by atoms with E-state index in [-0.39, 0.29) is 5.56 Å². The van der Waals surface area contributed by atoms with Crippen molar-refractivity contribution in [2.75, 3.05) is 0 Å². The fourth-order valence-corrected chi connectivity index (χ4v) is 2.21. The fourth-order valence-electron chi connectivity index (χ4n) is 2.21. The van der Waals surface area contributed by atoms with Crippen LogP contribution < -0.4 is 0 Å². The van der Waals surface area contributed by atoms with Crippen molar-refractivity contribution in [3.63, 3.8) is 0 Å². The van der Waals surface area contributed by atoms with Gasteiger partial charge in [0.1, 0.15) is 5.56 Å². The number of carboxylic acid groups (broad SMARTS) is 1. The molecular formula is C15H13N3O2. The summed E-state index contributed by atoms with van der Waals surface area (Å²) in [7, 11) is 0. The molecule has 0 bridgehead atoms. The van der Waals surface area contributed by atoms with Crippen molar-refractivity contribution in [3.05, 3.63) is 65.1 Å². The first-order valence-corrected chi connectivity index (χ1v) is 6.26. The third-order valence-corrected chi connectivity index (χ3v) is 3.10. The summed E-state index contributed by atoms with van der Waals surface area (Å²) < 4.78 is 1.54. The molecule has 0 aliphatic rings. The van der Waals surface area contributed by atoms with Gasteiger partial charge in [0.2, 0.25) is 0 Å². The lowest BCUT2D eigenvalue weighted by Crippen LogP contribution is -2.02. The van der Waals surface area contributed by atoms with Crippen molar-refractivity contribution in [1.82, 2.24) is 14.6 Å². The molecule has 2 heterocycles. The lowest BCUT2D eigenvalue weighted by Gasteiger charge is -1.98. The number of hydrogen-bond acceptors (Lipinski definition) is 3. The second kappa shape index (κ2) is 4.77. The Bertz CT molecular complexity index is 778. The Hall–Kier alpha value is -2.69. The summed E-state index contributed by atoms with van der Waals surface area (Å²) in [5, 5.41) is 13.8. The van der Waals surface area contributed by atoms with Crippen molar-refractivity contribution in [2.24, 2.45) is 0 Å². The Labute approximate surface area is 115 Å². The average molecular weight is 267 g/mol. The van der Waals surface area contributed by atoms with E-state index in [4.69, 9.17) is 0 Å². The first-order chi connectivity index (χ1) is 9.65. The van der Waals surface area contributed by atoms with Gasteiger partial charge in [-0.1, -0.05) is 30.3 Å². The number of fused-ring (bicyclic) bond motifs is 1. The van der Waals surface area contributed by atoms with Crippen molar-refractivity contribution in [3.8, 4) is 0 Å². The number of carboxylic acids is 1. The van der Waals surface area contributed by atoms with Crippen molar-refractivity contribution < 1.29 is 9.90 Å². The standard InChI is InChI=1S/C15H13N3O2/c1-10-8-16-14-13(15(19)20)12(17-18(14)9-10)7-11-5-3-2-4-6-11/h2-6,8-9H,7H2,1H3,(H,19,20). The van der Waals surface area contributed by atoms with Gasteiger partial charge in [0, 0.05) is 18.8 Å². The molecular weight excluding hydrogens is 254 g/mol. The van der Waals surface area contributed by atoms with Crippen LogP contribution in [0.4, 0.5) is 0 Å². The number of hydrogen-bond donors (Lipinski definition) is 1. The summed E-state index contributed by atoms with van der Waals surface area (Å²) in [5.41, 5.74) is 3.04. The molecule has 0 atom stereocenters. The molecule has 2 aromatic heterocycles. The first kappa shape index (κ1) is 12.3. The highest BCUT2D eigenvalue weighted by Gasteiger charge is 2.20. The normalized spacial score (nSPS) is 10.8. The van der Waals surface area contributed by atoms with Crippen LogP contribution in [0.1, 0.15) is 27.2 Å². The minimum atomic E-state index is -0.998. The molecule has 1 N–H and O–H groups in total. The van der Waals surface area contributed by atoms with Crippen molar-refractivity contribution in [1.29, 1.82) is 0 Å². The predicted molar refractivity (Wildman–Crippen MR) is 73.9 cm³/mol. The summed E-state index contributed by atoms with van der Waals surface area (Å²) in [6.07, 6.45) is 3.91. The van der Waals surface area contributed by atoms with Gasteiger partial charge in [0.25, 0.3) is 0 Å². The molecule has 0 aliphatic heterocycles. The first-order valence-electron chi connectivity index (χ1n) is 6.26. The zero-order chi connectivity index (χ0) is 14.1. The zero-order valence-corrected chi connectivity index (χ0v) is 10.9. The second-order valence-electron chi connectivity index (χ2n) is 4.69. The molecule has 100 valence electrons. The third-order valence-electron chi connectivity index (χ3n) is 3.10. The summed E-state index contributed by atoms with van der Waals surface area (Å²) in [5.74, 6) is -0.998. The maximum Gasteiger partial charge on any atom is 0.341 e. The smallest absolute Gasteiger partial charge is 0.341 e. The number of aromatic nitrogens is 3. The molecule has 5 heteroatoms. The van der Waals surface area contributed by atoms with Crippen molar-refractivity contribution >= 4 is 11.6 Å². The number of rotatable bonds is 3. The van der Waals surface area contributed by atoms with Crippen LogP contribution in [0.15, 0.2) is 42.7 Å². The van der Waals surface area contributed by atoms with Crippen LogP contribution in [-0.2, 0) is 6.42 Å². The molecule has 0 spiro atoms.